The Balaban J connectivity index is 0.879. The molecule has 4 aromatic carbocycles. The van der Waals surface area contributed by atoms with Gasteiger partial charge < -0.3 is 24.4 Å². The summed E-state index contributed by atoms with van der Waals surface area (Å²) < 4.78 is 16.9. The van der Waals surface area contributed by atoms with Crippen LogP contribution in [0.2, 0.25) is 0 Å². The van der Waals surface area contributed by atoms with Crippen molar-refractivity contribution in [3.05, 3.63) is 144 Å². The van der Waals surface area contributed by atoms with E-state index in [0.717, 1.165) is 72.7 Å². The number of aromatic nitrogens is 2. The van der Waals surface area contributed by atoms with Gasteiger partial charge in [-0.15, -0.1) is 0 Å². The lowest BCUT2D eigenvalue weighted by molar-refractivity contribution is 0.0727. The van der Waals surface area contributed by atoms with Crippen molar-refractivity contribution in [1.29, 1.82) is 0 Å². The summed E-state index contributed by atoms with van der Waals surface area (Å²) in [5, 5.41) is 15.5. The molecule has 7 nitrogen and oxygen atoms in total. The number of unbranched alkanes of at least 4 members (excludes halogenated alkanes) is 2. The molecule has 47 heavy (non-hydrogen) atoms. The molecule has 0 aliphatic heterocycles. The van der Waals surface area contributed by atoms with E-state index in [1.54, 1.807) is 0 Å². The zero-order valence-corrected chi connectivity index (χ0v) is 26.7. The van der Waals surface area contributed by atoms with Gasteiger partial charge in [-0.25, -0.2) is 0 Å². The van der Waals surface area contributed by atoms with Gasteiger partial charge in [0.05, 0.1) is 0 Å². The Morgan fingerprint density at radius 3 is 1.34 bits per heavy atom. The second kappa shape index (κ2) is 17.0. The fraction of sp³-hybridized carbons (Fsp3) is 0.250. The Bertz CT molecular complexity index is 1620. The first-order valence-corrected chi connectivity index (χ1v) is 16.5. The fourth-order valence-corrected chi connectivity index (χ4v) is 5.47. The zero-order valence-electron chi connectivity index (χ0n) is 26.7. The van der Waals surface area contributed by atoms with E-state index in [2.05, 4.69) is 130 Å². The van der Waals surface area contributed by atoms with Gasteiger partial charge in [0.25, 0.3) is 0 Å². The van der Waals surface area contributed by atoms with E-state index in [9.17, 15) is 0 Å². The SMILES string of the molecule is c1ccc(CCCCNc2ccc(-c3cc(COCc4cc(-c5ccc(NCCCCc6ccccc6)cc5)no4)on3)cc2)cc1. The molecule has 0 radical (unpaired) electrons. The highest BCUT2D eigenvalue weighted by atomic mass is 16.5. The number of hydrogen-bond acceptors (Lipinski definition) is 7. The highest BCUT2D eigenvalue weighted by Crippen LogP contribution is 2.24. The lowest BCUT2D eigenvalue weighted by Gasteiger charge is -2.07. The molecule has 0 spiro atoms. The molecule has 6 aromatic rings. The number of nitrogens with one attached hydrogen (secondary N) is 2. The van der Waals surface area contributed by atoms with Crippen molar-refractivity contribution in [2.75, 3.05) is 23.7 Å². The molecule has 0 fully saturated rings. The maximum absolute atomic E-state index is 5.84. The van der Waals surface area contributed by atoms with Crippen LogP contribution in [0.5, 0.6) is 0 Å². The molecular weight excluding hydrogens is 584 g/mol. The monoisotopic (exact) mass is 626 g/mol. The average Bonchev–Trinajstić information content (AvgIpc) is 3.80. The third kappa shape index (κ3) is 9.92. The number of aryl methyl sites for hydroxylation is 2. The molecule has 0 saturated heterocycles. The summed E-state index contributed by atoms with van der Waals surface area (Å²) >= 11 is 0. The largest absolute Gasteiger partial charge is 0.385 e. The van der Waals surface area contributed by atoms with Crippen LogP contribution in [-0.4, -0.2) is 23.4 Å². The average molecular weight is 627 g/mol. The lowest BCUT2D eigenvalue weighted by atomic mass is 10.1. The molecule has 2 heterocycles. The maximum Gasteiger partial charge on any atom is 0.163 e. The van der Waals surface area contributed by atoms with Crippen LogP contribution in [0.25, 0.3) is 22.5 Å². The van der Waals surface area contributed by atoms with Crippen molar-refractivity contribution in [2.24, 2.45) is 0 Å². The standard InChI is InChI=1S/C40H42N4O3/c1-3-11-31(12-4-1)15-7-9-25-41-35-21-17-33(18-22-35)39-27-37(46-43-39)29-45-30-38-28-40(44-47-38)34-19-23-36(24-20-34)42-26-10-8-16-32-13-5-2-6-14-32/h1-6,11-14,17-24,27-28,41-42H,7-10,15-16,25-26,29-30H2. The van der Waals surface area contributed by atoms with E-state index in [1.165, 1.54) is 24.0 Å². The van der Waals surface area contributed by atoms with Crippen LogP contribution in [0.4, 0.5) is 11.4 Å². The van der Waals surface area contributed by atoms with Crippen LogP contribution < -0.4 is 10.6 Å². The molecule has 0 aliphatic carbocycles. The predicted molar refractivity (Wildman–Crippen MR) is 188 cm³/mol. The summed E-state index contributed by atoms with van der Waals surface area (Å²) in [6.07, 6.45) is 6.81. The van der Waals surface area contributed by atoms with E-state index in [-0.39, 0.29) is 13.2 Å². The van der Waals surface area contributed by atoms with E-state index in [0.29, 0.717) is 11.5 Å². The smallest absolute Gasteiger partial charge is 0.163 e. The first-order valence-electron chi connectivity index (χ1n) is 16.5. The van der Waals surface area contributed by atoms with Crippen LogP contribution in [0, 0.1) is 0 Å². The number of anilines is 2. The van der Waals surface area contributed by atoms with Crippen LogP contribution >= 0.6 is 0 Å². The van der Waals surface area contributed by atoms with Gasteiger partial charge in [-0.2, -0.15) is 0 Å². The normalized spacial score (nSPS) is 11.1. The summed E-state index contributed by atoms with van der Waals surface area (Å²) in [4.78, 5) is 0. The molecule has 0 bridgehead atoms. The minimum absolute atomic E-state index is 0.289. The highest BCUT2D eigenvalue weighted by Gasteiger charge is 2.10. The van der Waals surface area contributed by atoms with E-state index in [4.69, 9.17) is 13.8 Å². The van der Waals surface area contributed by atoms with Crippen LogP contribution in [-0.2, 0) is 30.8 Å². The summed E-state index contributed by atoms with van der Waals surface area (Å²) in [5.41, 5.74) is 8.56. The Morgan fingerprint density at radius 1 is 0.489 bits per heavy atom. The molecule has 2 N–H and O–H groups in total. The number of nitrogens with zero attached hydrogens (tertiary/aromatic N) is 2. The molecule has 2 aromatic heterocycles. The van der Waals surface area contributed by atoms with Crippen molar-refractivity contribution in [3.8, 4) is 22.5 Å². The quantitative estimate of drug-likeness (QED) is 0.0919. The molecule has 0 amide bonds. The molecule has 6 rings (SSSR count). The minimum atomic E-state index is 0.289. The zero-order chi connectivity index (χ0) is 31.9. The number of benzene rings is 4. The van der Waals surface area contributed by atoms with Crippen molar-refractivity contribution in [1.82, 2.24) is 10.3 Å². The molecule has 0 atom stereocenters. The van der Waals surface area contributed by atoms with Gasteiger partial charge in [0, 0.05) is 47.7 Å². The first-order chi connectivity index (χ1) is 23.3. The summed E-state index contributed by atoms with van der Waals surface area (Å²) in [6, 6.07) is 41.7. The van der Waals surface area contributed by atoms with Gasteiger partial charge in [-0.3, -0.25) is 0 Å². The first kappa shape index (κ1) is 31.8. The van der Waals surface area contributed by atoms with Crippen molar-refractivity contribution in [3.63, 3.8) is 0 Å². The molecule has 7 heteroatoms. The topological polar surface area (TPSA) is 85.4 Å². The molecular formula is C40H42N4O3. The lowest BCUT2D eigenvalue weighted by Crippen LogP contribution is -2.01. The van der Waals surface area contributed by atoms with Crippen LogP contribution in [0.3, 0.4) is 0 Å². The van der Waals surface area contributed by atoms with E-state index < -0.39 is 0 Å². The third-order valence-corrected chi connectivity index (χ3v) is 8.10. The molecule has 0 saturated carbocycles. The maximum atomic E-state index is 5.84. The van der Waals surface area contributed by atoms with Gasteiger partial charge >= 0.3 is 0 Å². The van der Waals surface area contributed by atoms with Crippen LogP contribution in [0.15, 0.2) is 130 Å². The number of ether oxygens (including phenoxy) is 1. The fourth-order valence-electron chi connectivity index (χ4n) is 5.47. The predicted octanol–water partition coefficient (Wildman–Crippen LogP) is 9.58. The van der Waals surface area contributed by atoms with Gasteiger partial charge in [0.1, 0.15) is 24.6 Å². The Morgan fingerprint density at radius 2 is 0.915 bits per heavy atom. The Hall–Kier alpha value is -5.14. The van der Waals surface area contributed by atoms with Crippen molar-refractivity contribution >= 4 is 11.4 Å². The Kier molecular flexibility index (Phi) is 11.5. The minimum Gasteiger partial charge on any atom is -0.385 e. The Labute approximate surface area is 277 Å². The molecule has 0 unspecified atom stereocenters. The highest BCUT2D eigenvalue weighted by molar-refractivity contribution is 5.63. The number of hydrogen-bond donors (Lipinski definition) is 2. The van der Waals surface area contributed by atoms with E-state index >= 15 is 0 Å². The van der Waals surface area contributed by atoms with Gasteiger partial charge in [-0.05, 0) is 73.9 Å². The van der Waals surface area contributed by atoms with Gasteiger partial charge in [-0.1, -0.05) is 95.2 Å². The second-order valence-corrected chi connectivity index (χ2v) is 11.7. The van der Waals surface area contributed by atoms with Crippen molar-refractivity contribution in [2.45, 2.75) is 51.7 Å². The summed E-state index contributed by atoms with van der Waals surface area (Å²) in [5.74, 6) is 1.31. The van der Waals surface area contributed by atoms with Crippen LogP contribution in [0.1, 0.15) is 48.3 Å². The second-order valence-electron chi connectivity index (χ2n) is 11.7. The van der Waals surface area contributed by atoms with Crippen molar-refractivity contribution < 1.29 is 13.8 Å². The van der Waals surface area contributed by atoms with Gasteiger partial charge in [0.15, 0.2) is 11.5 Å². The van der Waals surface area contributed by atoms with E-state index in [1.807, 2.05) is 12.1 Å². The third-order valence-electron chi connectivity index (χ3n) is 8.10. The van der Waals surface area contributed by atoms with Gasteiger partial charge in [0.2, 0.25) is 0 Å². The molecule has 0 aliphatic rings. The summed E-state index contributed by atoms with van der Waals surface area (Å²) in [7, 11) is 0. The molecule has 240 valence electrons. The summed E-state index contributed by atoms with van der Waals surface area (Å²) in [6.45, 7) is 2.48. The number of rotatable bonds is 18.